The van der Waals surface area contributed by atoms with Crippen LogP contribution in [0.5, 0.6) is 5.75 Å². The van der Waals surface area contributed by atoms with E-state index in [2.05, 4.69) is 32.2 Å². The molecule has 2 heterocycles. The number of alkyl halides is 6. The number of likely N-dealkylation sites (tertiary alicyclic amines) is 2. The van der Waals surface area contributed by atoms with E-state index in [4.69, 9.17) is 0 Å². The Labute approximate surface area is 304 Å². The summed E-state index contributed by atoms with van der Waals surface area (Å²) in [6.45, 7) is 3.64. The van der Waals surface area contributed by atoms with Crippen LogP contribution in [0.3, 0.4) is 0 Å². The summed E-state index contributed by atoms with van der Waals surface area (Å²) in [5.74, 6) is 0.0102. The van der Waals surface area contributed by atoms with Gasteiger partial charge in [-0.15, -0.1) is 13.2 Å². The van der Waals surface area contributed by atoms with Gasteiger partial charge in [-0.1, -0.05) is 30.3 Å². The van der Waals surface area contributed by atoms with Crippen molar-refractivity contribution in [1.29, 1.82) is 0 Å². The number of hydrogen-bond donors (Lipinski definition) is 2. The number of nitrogens with zero attached hydrogens (tertiary/aromatic N) is 2. The molecule has 0 radical (unpaired) electrons. The van der Waals surface area contributed by atoms with E-state index in [1.54, 1.807) is 48.5 Å². The van der Waals surface area contributed by atoms with E-state index in [9.17, 15) is 35.9 Å². The zero-order valence-electron chi connectivity index (χ0n) is 29.4. The molecule has 0 atom stereocenters. The van der Waals surface area contributed by atoms with Gasteiger partial charge in [0, 0.05) is 45.7 Å². The number of halogens is 6. The fourth-order valence-corrected chi connectivity index (χ4v) is 6.36. The van der Waals surface area contributed by atoms with Gasteiger partial charge in [-0.2, -0.15) is 13.2 Å². The van der Waals surface area contributed by atoms with Gasteiger partial charge in [0.1, 0.15) is 5.75 Å². The molecule has 13 heteroatoms. The van der Waals surface area contributed by atoms with Crippen molar-refractivity contribution in [1.82, 2.24) is 9.80 Å². The van der Waals surface area contributed by atoms with Crippen molar-refractivity contribution in [3.05, 3.63) is 114 Å². The Kier molecular flexibility index (Phi) is 12.8. The number of anilines is 4. The Morgan fingerprint density at radius 2 is 1.00 bits per heavy atom. The van der Waals surface area contributed by atoms with E-state index in [0.717, 1.165) is 64.0 Å². The van der Waals surface area contributed by atoms with Crippen molar-refractivity contribution in [3.63, 3.8) is 0 Å². The molecule has 282 valence electrons. The Hall–Kier alpha value is -4.88. The van der Waals surface area contributed by atoms with Gasteiger partial charge in [-0.3, -0.25) is 9.59 Å². The molecule has 2 N–H and O–H groups in total. The molecule has 0 spiro atoms. The zero-order chi connectivity index (χ0) is 38.2. The van der Waals surface area contributed by atoms with Crippen LogP contribution in [-0.4, -0.2) is 68.0 Å². The maximum Gasteiger partial charge on any atom is 0.573 e. The summed E-state index contributed by atoms with van der Waals surface area (Å²) in [5, 5.41) is 6.06. The van der Waals surface area contributed by atoms with Crippen molar-refractivity contribution in [3.8, 4) is 5.75 Å². The summed E-state index contributed by atoms with van der Waals surface area (Å²) in [6.07, 6.45) is -5.72. The predicted octanol–water partition coefficient (Wildman–Crippen LogP) is 9.83. The molecule has 2 fully saturated rings. The average Bonchev–Trinajstić information content (AvgIpc) is 3.12. The van der Waals surface area contributed by atoms with Crippen molar-refractivity contribution in [2.24, 2.45) is 11.8 Å². The predicted molar refractivity (Wildman–Crippen MR) is 193 cm³/mol. The molecule has 0 bridgehead atoms. The van der Waals surface area contributed by atoms with Gasteiger partial charge in [0.05, 0.1) is 5.56 Å². The van der Waals surface area contributed by atoms with E-state index < -0.39 is 18.1 Å². The number of nitrogens with one attached hydrogen (secondary N) is 2. The molecule has 0 saturated carbocycles. The summed E-state index contributed by atoms with van der Waals surface area (Å²) in [6, 6.07) is 24.6. The van der Waals surface area contributed by atoms with Crippen LogP contribution in [0.1, 0.15) is 52.0 Å². The maximum absolute atomic E-state index is 12.8. The fraction of sp³-hybridized carbons (Fsp3) is 0.350. The Morgan fingerprint density at radius 1 is 0.585 bits per heavy atom. The first-order chi connectivity index (χ1) is 25.1. The minimum absolute atomic E-state index is 0.00927. The second-order valence-corrected chi connectivity index (χ2v) is 13.4. The van der Waals surface area contributed by atoms with Gasteiger partial charge in [0.2, 0.25) is 0 Å². The molecule has 0 aromatic heterocycles. The second-order valence-electron chi connectivity index (χ2n) is 13.4. The second kappa shape index (κ2) is 17.3. The standard InChI is InChI=1S/C20H21F3N2O2.C20H21F3N2O/c1-25-11-9-14(10-12-25)19(26)15-3-2-4-17(13-15)24-16-5-7-18(8-6-16)27-20(21,22)23;1-25-10-8-14(9-11-25)19(26)15-4-2-6-17(12-15)24-18-7-3-5-16(13-18)20(21,22)23/h2-8,13-14,24H,9-12H2,1H3;2-7,12-14,24H,8-11H2,1H3. The average molecular weight is 741 g/mol. The third-order valence-corrected chi connectivity index (χ3v) is 9.33. The topological polar surface area (TPSA) is 73.9 Å². The quantitative estimate of drug-likeness (QED) is 0.131. The van der Waals surface area contributed by atoms with E-state index in [1.165, 1.54) is 30.3 Å². The molecule has 4 aromatic rings. The molecule has 7 nitrogen and oxygen atoms in total. The minimum Gasteiger partial charge on any atom is -0.406 e. The Balaban J connectivity index is 0.000000204. The fourth-order valence-electron chi connectivity index (χ4n) is 6.36. The highest BCUT2D eigenvalue weighted by atomic mass is 19.4. The van der Waals surface area contributed by atoms with E-state index >= 15 is 0 Å². The molecule has 6 rings (SSSR count). The molecular weight excluding hydrogens is 698 g/mol. The van der Waals surface area contributed by atoms with Crippen LogP contribution >= 0.6 is 0 Å². The van der Waals surface area contributed by atoms with Crippen LogP contribution in [0.4, 0.5) is 49.1 Å². The van der Waals surface area contributed by atoms with Crippen molar-refractivity contribution in [2.45, 2.75) is 38.2 Å². The van der Waals surface area contributed by atoms with Crippen LogP contribution in [0, 0.1) is 11.8 Å². The van der Waals surface area contributed by atoms with Gasteiger partial charge in [0.25, 0.3) is 0 Å². The van der Waals surface area contributed by atoms with Crippen LogP contribution < -0.4 is 15.4 Å². The lowest BCUT2D eigenvalue weighted by atomic mass is 9.89. The Bertz CT molecular complexity index is 1830. The highest BCUT2D eigenvalue weighted by Crippen LogP contribution is 2.32. The van der Waals surface area contributed by atoms with Gasteiger partial charge in [-0.05, 0) is 133 Å². The minimum atomic E-state index is -4.71. The van der Waals surface area contributed by atoms with Crippen LogP contribution in [0.15, 0.2) is 97.1 Å². The number of Topliss-reactive ketones (excluding diaryl/α,β-unsaturated/α-hetero) is 2. The number of hydrogen-bond acceptors (Lipinski definition) is 7. The third-order valence-electron chi connectivity index (χ3n) is 9.33. The normalized spacial score (nSPS) is 16.3. The number of ether oxygens (including phenoxy) is 1. The monoisotopic (exact) mass is 740 g/mol. The smallest absolute Gasteiger partial charge is 0.406 e. The lowest BCUT2D eigenvalue weighted by molar-refractivity contribution is -0.274. The molecule has 2 saturated heterocycles. The first-order valence-corrected chi connectivity index (χ1v) is 17.4. The van der Waals surface area contributed by atoms with Crippen LogP contribution in [-0.2, 0) is 6.18 Å². The maximum atomic E-state index is 12.8. The van der Waals surface area contributed by atoms with Gasteiger partial charge in [-0.25, -0.2) is 0 Å². The lowest BCUT2D eigenvalue weighted by Crippen LogP contribution is -2.33. The molecule has 0 amide bonds. The number of benzene rings is 4. The zero-order valence-corrected chi connectivity index (χ0v) is 29.4. The first-order valence-electron chi connectivity index (χ1n) is 17.4. The molecule has 2 aliphatic rings. The Morgan fingerprint density at radius 3 is 1.43 bits per heavy atom. The highest BCUT2D eigenvalue weighted by Gasteiger charge is 2.32. The van der Waals surface area contributed by atoms with Crippen molar-refractivity contribution in [2.75, 3.05) is 50.9 Å². The molecule has 4 aromatic carbocycles. The van der Waals surface area contributed by atoms with Gasteiger partial charge in [0.15, 0.2) is 11.6 Å². The molecule has 0 aliphatic carbocycles. The summed E-state index contributed by atoms with van der Waals surface area (Å²) in [4.78, 5) is 29.8. The van der Waals surface area contributed by atoms with E-state index in [1.807, 2.05) is 13.1 Å². The van der Waals surface area contributed by atoms with Gasteiger partial charge >= 0.3 is 12.5 Å². The number of rotatable bonds is 9. The summed E-state index contributed by atoms with van der Waals surface area (Å²) in [7, 11) is 4.09. The van der Waals surface area contributed by atoms with Crippen molar-refractivity contribution < 1.29 is 40.7 Å². The number of piperidine rings is 2. The van der Waals surface area contributed by atoms with Crippen LogP contribution in [0.2, 0.25) is 0 Å². The number of carbonyl (C=O) groups is 2. The summed E-state index contributed by atoms with van der Waals surface area (Å²) < 4.78 is 79.0. The first kappa shape index (κ1) is 39.3. The molecule has 2 aliphatic heterocycles. The largest absolute Gasteiger partial charge is 0.573 e. The molecule has 53 heavy (non-hydrogen) atoms. The highest BCUT2D eigenvalue weighted by molar-refractivity contribution is 5.99. The number of carbonyl (C=O) groups excluding carboxylic acids is 2. The molecule has 0 unspecified atom stereocenters. The SMILES string of the molecule is CN1CCC(C(=O)c2cccc(Nc3ccc(OC(F)(F)F)cc3)c2)CC1.CN1CCC(C(=O)c2cccc(Nc3cccc(C(F)(F)F)c3)c2)CC1. The van der Waals surface area contributed by atoms with Gasteiger partial charge < -0.3 is 25.2 Å². The lowest BCUT2D eigenvalue weighted by Gasteiger charge is -2.28. The van der Waals surface area contributed by atoms with Crippen LogP contribution in [0.25, 0.3) is 0 Å². The van der Waals surface area contributed by atoms with E-state index in [0.29, 0.717) is 33.9 Å². The summed E-state index contributed by atoms with van der Waals surface area (Å²) >= 11 is 0. The van der Waals surface area contributed by atoms with E-state index in [-0.39, 0.29) is 29.2 Å². The summed E-state index contributed by atoms with van der Waals surface area (Å²) in [5.41, 5.74) is 2.78. The van der Waals surface area contributed by atoms with Crippen molar-refractivity contribution >= 4 is 34.3 Å². The molecular formula is C40H42F6N4O3. The third kappa shape index (κ3) is 11.8. The number of ketones is 2.